The highest BCUT2D eigenvalue weighted by molar-refractivity contribution is 5.95. The molecule has 12 heavy (non-hydrogen) atoms. The average molecular weight is 165 g/mol. The highest BCUT2D eigenvalue weighted by Gasteiger charge is 2.67. The van der Waals surface area contributed by atoms with Gasteiger partial charge in [0.1, 0.15) is 5.78 Å². The van der Waals surface area contributed by atoms with Crippen LogP contribution in [0.15, 0.2) is 0 Å². The van der Waals surface area contributed by atoms with Crippen molar-refractivity contribution in [2.75, 3.05) is 0 Å². The van der Waals surface area contributed by atoms with Crippen LogP contribution >= 0.6 is 0 Å². The van der Waals surface area contributed by atoms with Crippen molar-refractivity contribution in [3.63, 3.8) is 0 Å². The number of carbonyl (C=O) groups is 2. The summed E-state index contributed by atoms with van der Waals surface area (Å²) in [5.74, 6) is -0.0434. The SMILES string of the molecule is O=C1C2CC3(C(=O)[O-])CC1C2C3. The van der Waals surface area contributed by atoms with Gasteiger partial charge in [-0.25, -0.2) is 0 Å². The lowest BCUT2D eigenvalue weighted by atomic mass is 9.60. The van der Waals surface area contributed by atoms with E-state index in [4.69, 9.17) is 0 Å². The molecule has 3 heteroatoms. The largest absolute Gasteiger partial charge is 0.550 e. The molecule has 2 bridgehead atoms. The summed E-state index contributed by atoms with van der Waals surface area (Å²) in [5, 5.41) is 10.8. The number of rotatable bonds is 1. The summed E-state index contributed by atoms with van der Waals surface area (Å²) in [7, 11) is 0. The molecule has 3 rings (SSSR count). The molecule has 0 aromatic carbocycles. The third-order valence-corrected chi connectivity index (χ3v) is 4.05. The molecule has 0 aliphatic heterocycles. The molecular formula is C9H9O3-. The number of hydrogen-bond donors (Lipinski definition) is 0. The number of hydrogen-bond acceptors (Lipinski definition) is 3. The number of ketones is 1. The first-order valence-corrected chi connectivity index (χ1v) is 4.39. The fraction of sp³-hybridized carbons (Fsp3) is 0.778. The van der Waals surface area contributed by atoms with Crippen LogP contribution in [0.1, 0.15) is 19.3 Å². The van der Waals surface area contributed by atoms with Crippen LogP contribution in [0.25, 0.3) is 0 Å². The van der Waals surface area contributed by atoms with E-state index in [2.05, 4.69) is 0 Å². The minimum atomic E-state index is -0.926. The molecule has 0 saturated heterocycles. The highest BCUT2D eigenvalue weighted by atomic mass is 16.4. The summed E-state index contributed by atoms with van der Waals surface area (Å²) in [4.78, 5) is 22.1. The minimum Gasteiger partial charge on any atom is -0.550 e. The predicted molar refractivity (Wildman–Crippen MR) is 36.8 cm³/mol. The first kappa shape index (κ1) is 6.63. The first-order valence-electron chi connectivity index (χ1n) is 4.39. The number of Topliss-reactive ketones (excluding diaryl/α,β-unsaturated/α-hetero) is 1. The Morgan fingerprint density at radius 2 is 1.92 bits per heavy atom. The zero-order valence-electron chi connectivity index (χ0n) is 6.58. The van der Waals surface area contributed by atoms with Crippen LogP contribution < -0.4 is 5.11 Å². The summed E-state index contributed by atoms with van der Waals surface area (Å²) < 4.78 is 0. The predicted octanol–water partition coefficient (Wildman–Crippen LogP) is -0.649. The smallest absolute Gasteiger partial charge is 0.139 e. The van der Waals surface area contributed by atoms with E-state index in [0.29, 0.717) is 31.0 Å². The van der Waals surface area contributed by atoms with E-state index in [1.165, 1.54) is 0 Å². The van der Waals surface area contributed by atoms with Crippen molar-refractivity contribution in [1.82, 2.24) is 0 Å². The summed E-state index contributed by atoms with van der Waals surface area (Å²) in [6.45, 7) is 0. The Labute approximate surface area is 69.8 Å². The van der Waals surface area contributed by atoms with Crippen LogP contribution in [-0.2, 0) is 9.59 Å². The van der Waals surface area contributed by atoms with Gasteiger partial charge in [0.25, 0.3) is 0 Å². The Hall–Kier alpha value is -0.860. The summed E-state index contributed by atoms with van der Waals surface area (Å²) >= 11 is 0. The van der Waals surface area contributed by atoms with Crippen molar-refractivity contribution in [3.8, 4) is 0 Å². The zero-order chi connectivity index (χ0) is 8.51. The van der Waals surface area contributed by atoms with Gasteiger partial charge < -0.3 is 9.90 Å². The highest BCUT2D eigenvalue weighted by Crippen LogP contribution is 2.67. The zero-order valence-corrected chi connectivity index (χ0v) is 6.58. The topological polar surface area (TPSA) is 57.2 Å². The Morgan fingerprint density at radius 1 is 1.33 bits per heavy atom. The molecule has 0 radical (unpaired) electrons. The van der Waals surface area contributed by atoms with E-state index in [1.807, 2.05) is 0 Å². The molecule has 3 saturated carbocycles. The quantitative estimate of drug-likeness (QED) is 0.519. The summed E-state index contributed by atoms with van der Waals surface area (Å²) in [6, 6.07) is 0. The van der Waals surface area contributed by atoms with Gasteiger partial charge in [-0.3, -0.25) is 4.79 Å². The van der Waals surface area contributed by atoms with E-state index in [-0.39, 0.29) is 11.8 Å². The monoisotopic (exact) mass is 165 g/mol. The van der Waals surface area contributed by atoms with Crippen LogP contribution in [0, 0.1) is 23.2 Å². The van der Waals surface area contributed by atoms with Gasteiger partial charge in [-0.2, -0.15) is 0 Å². The molecule has 0 aromatic rings. The van der Waals surface area contributed by atoms with Crippen LogP contribution in [-0.4, -0.2) is 11.8 Å². The van der Waals surface area contributed by atoms with E-state index >= 15 is 0 Å². The van der Waals surface area contributed by atoms with Crippen molar-refractivity contribution in [2.45, 2.75) is 19.3 Å². The van der Waals surface area contributed by atoms with Crippen molar-refractivity contribution < 1.29 is 14.7 Å². The maximum absolute atomic E-state index is 11.2. The first-order chi connectivity index (χ1) is 5.64. The van der Waals surface area contributed by atoms with Crippen LogP contribution in [0.2, 0.25) is 0 Å². The van der Waals surface area contributed by atoms with Crippen molar-refractivity contribution in [2.24, 2.45) is 23.2 Å². The fourth-order valence-corrected chi connectivity index (χ4v) is 3.44. The Bertz CT molecular complexity index is 278. The Balaban J connectivity index is 2.00. The lowest BCUT2D eigenvalue weighted by Gasteiger charge is -2.43. The molecule has 3 nitrogen and oxygen atoms in total. The van der Waals surface area contributed by atoms with Crippen LogP contribution in [0.5, 0.6) is 0 Å². The van der Waals surface area contributed by atoms with E-state index in [9.17, 15) is 14.7 Å². The standard InChI is InChI=1S/C9H10O3/c10-7-5-2-9(8(11)12)1-4(5)6(7)3-9/h4-6H,1-3H2,(H,11,12)/p-1. The van der Waals surface area contributed by atoms with Gasteiger partial charge in [0.15, 0.2) is 0 Å². The molecule has 3 aliphatic rings. The van der Waals surface area contributed by atoms with E-state index in [1.54, 1.807) is 0 Å². The number of carboxylic acid groups (broad SMARTS) is 1. The molecule has 2 atom stereocenters. The third kappa shape index (κ3) is 0.464. The van der Waals surface area contributed by atoms with Crippen LogP contribution in [0.4, 0.5) is 0 Å². The lowest BCUT2D eigenvalue weighted by Crippen LogP contribution is -2.50. The summed E-state index contributed by atoms with van der Waals surface area (Å²) in [5.41, 5.74) is -0.603. The maximum atomic E-state index is 11.2. The fourth-order valence-electron chi connectivity index (χ4n) is 3.44. The van der Waals surface area contributed by atoms with Gasteiger partial charge in [-0.15, -0.1) is 0 Å². The molecule has 0 aromatic heterocycles. The number of fused-ring (bicyclic) bond motifs is 1. The van der Waals surface area contributed by atoms with Crippen molar-refractivity contribution >= 4 is 11.8 Å². The second-order valence-corrected chi connectivity index (χ2v) is 4.46. The number of aliphatic carboxylic acids is 1. The Morgan fingerprint density at radius 3 is 2.25 bits per heavy atom. The van der Waals surface area contributed by atoms with Crippen LogP contribution in [0.3, 0.4) is 0 Å². The molecule has 64 valence electrons. The Kier molecular flexibility index (Phi) is 0.875. The van der Waals surface area contributed by atoms with Gasteiger partial charge in [0.2, 0.25) is 0 Å². The molecule has 0 N–H and O–H groups in total. The van der Waals surface area contributed by atoms with Gasteiger partial charge >= 0.3 is 0 Å². The van der Waals surface area contributed by atoms with Gasteiger partial charge in [-0.05, 0) is 25.2 Å². The summed E-state index contributed by atoms with van der Waals surface area (Å²) in [6.07, 6.45) is 1.83. The number of carbonyl (C=O) groups excluding carboxylic acids is 2. The molecule has 0 amide bonds. The molecule has 3 fully saturated rings. The molecule has 0 spiro atoms. The minimum absolute atomic E-state index is 0.0849. The molecule has 3 aliphatic carbocycles. The second-order valence-electron chi connectivity index (χ2n) is 4.46. The average Bonchev–Trinajstić information content (AvgIpc) is 2.55. The lowest BCUT2D eigenvalue weighted by molar-refractivity contribution is -0.319. The third-order valence-electron chi connectivity index (χ3n) is 4.05. The van der Waals surface area contributed by atoms with Gasteiger partial charge in [0.05, 0.1) is 0 Å². The van der Waals surface area contributed by atoms with Gasteiger partial charge in [-0.1, -0.05) is 0 Å². The van der Waals surface area contributed by atoms with Crippen molar-refractivity contribution in [1.29, 1.82) is 0 Å². The van der Waals surface area contributed by atoms with Crippen molar-refractivity contribution in [3.05, 3.63) is 0 Å². The van der Waals surface area contributed by atoms with Gasteiger partial charge in [0, 0.05) is 23.2 Å². The maximum Gasteiger partial charge on any atom is 0.139 e. The molecule has 0 heterocycles. The molecule has 2 unspecified atom stereocenters. The molecular weight excluding hydrogens is 156 g/mol. The van der Waals surface area contributed by atoms with E-state index in [0.717, 1.165) is 0 Å². The number of carboxylic acids is 1. The second kappa shape index (κ2) is 1.58. The van der Waals surface area contributed by atoms with E-state index < -0.39 is 11.4 Å². The normalized spacial score (nSPS) is 54.0.